The second-order valence-electron chi connectivity index (χ2n) is 6.56. The summed E-state index contributed by atoms with van der Waals surface area (Å²) in [4.78, 5) is 4.28. The maximum Gasteiger partial charge on any atom is 0.191 e. The Kier molecular flexibility index (Phi) is 12.9. The number of benzene rings is 1. The highest BCUT2D eigenvalue weighted by molar-refractivity contribution is 14.0. The minimum atomic E-state index is 0. The lowest BCUT2D eigenvalue weighted by atomic mass is 9.84. The van der Waals surface area contributed by atoms with Crippen molar-refractivity contribution in [2.45, 2.75) is 32.6 Å². The average Bonchev–Trinajstić information content (AvgIpc) is 2.57. The van der Waals surface area contributed by atoms with Gasteiger partial charge in [0.1, 0.15) is 0 Å². The van der Waals surface area contributed by atoms with Crippen LogP contribution < -0.4 is 10.6 Å². The lowest BCUT2D eigenvalue weighted by molar-refractivity contribution is 0.0698. The fourth-order valence-corrected chi connectivity index (χ4v) is 2.26. The first kappa shape index (κ1) is 24.1. The van der Waals surface area contributed by atoms with Crippen LogP contribution in [0.5, 0.6) is 0 Å². The molecular weight excluding hydrogens is 429 g/mol. The van der Waals surface area contributed by atoms with Gasteiger partial charge < -0.3 is 20.1 Å². The summed E-state index contributed by atoms with van der Waals surface area (Å²) in [5.41, 5.74) is 2.64. The van der Waals surface area contributed by atoms with E-state index >= 15 is 0 Å². The number of guanidine groups is 1. The van der Waals surface area contributed by atoms with E-state index in [4.69, 9.17) is 9.47 Å². The van der Waals surface area contributed by atoms with E-state index in [9.17, 15) is 0 Å². The molecule has 0 heterocycles. The van der Waals surface area contributed by atoms with Gasteiger partial charge in [0.25, 0.3) is 0 Å². The van der Waals surface area contributed by atoms with Crippen molar-refractivity contribution >= 4 is 29.9 Å². The second-order valence-corrected chi connectivity index (χ2v) is 6.56. The molecule has 5 nitrogen and oxygen atoms in total. The van der Waals surface area contributed by atoms with E-state index in [0.29, 0.717) is 13.2 Å². The Labute approximate surface area is 170 Å². The molecule has 0 fully saturated rings. The lowest BCUT2D eigenvalue weighted by Gasteiger charge is -2.27. The Hall–Kier alpha value is -0.860. The molecule has 0 atom stereocenters. The molecule has 144 valence electrons. The number of halogens is 1. The smallest absolute Gasteiger partial charge is 0.191 e. The first-order chi connectivity index (χ1) is 11.5. The normalized spacial score (nSPS) is 11.8. The number of hydrogen-bond acceptors (Lipinski definition) is 3. The van der Waals surface area contributed by atoms with Crippen molar-refractivity contribution in [3.05, 3.63) is 35.4 Å². The van der Waals surface area contributed by atoms with Crippen molar-refractivity contribution in [1.82, 2.24) is 10.6 Å². The molecule has 1 aromatic carbocycles. The SMILES string of the molecule is CN=C(NCCCOCCOC)NCC(C)(C)c1ccc(C)cc1.I. The van der Waals surface area contributed by atoms with Gasteiger partial charge in [0.15, 0.2) is 5.96 Å². The molecule has 2 N–H and O–H groups in total. The topological polar surface area (TPSA) is 54.9 Å². The third-order valence-corrected chi connectivity index (χ3v) is 3.94. The molecule has 6 heteroatoms. The molecule has 0 aliphatic carbocycles. The molecule has 0 radical (unpaired) electrons. The number of aryl methyl sites for hydroxylation is 1. The number of nitrogens with zero attached hydrogens (tertiary/aromatic N) is 1. The van der Waals surface area contributed by atoms with Crippen LogP contribution >= 0.6 is 24.0 Å². The minimum absolute atomic E-state index is 0. The van der Waals surface area contributed by atoms with Crippen LogP contribution in [-0.2, 0) is 14.9 Å². The Bertz CT molecular complexity index is 490. The van der Waals surface area contributed by atoms with E-state index in [1.807, 2.05) is 0 Å². The average molecular weight is 463 g/mol. The number of nitrogens with one attached hydrogen (secondary N) is 2. The molecule has 25 heavy (non-hydrogen) atoms. The molecule has 1 aromatic rings. The zero-order valence-corrected chi connectivity index (χ0v) is 18.6. The Balaban J connectivity index is 0.00000576. The van der Waals surface area contributed by atoms with E-state index in [2.05, 4.69) is 60.7 Å². The van der Waals surface area contributed by atoms with Crippen LogP contribution in [0.4, 0.5) is 0 Å². The van der Waals surface area contributed by atoms with Crippen molar-refractivity contribution in [2.24, 2.45) is 4.99 Å². The third kappa shape index (κ3) is 10.0. The van der Waals surface area contributed by atoms with Gasteiger partial charge in [-0.25, -0.2) is 0 Å². The van der Waals surface area contributed by atoms with Crippen molar-refractivity contribution in [2.75, 3.05) is 47.1 Å². The van der Waals surface area contributed by atoms with Crippen molar-refractivity contribution in [1.29, 1.82) is 0 Å². The first-order valence-corrected chi connectivity index (χ1v) is 8.58. The highest BCUT2D eigenvalue weighted by Gasteiger charge is 2.20. The van der Waals surface area contributed by atoms with Crippen LogP contribution in [0.1, 0.15) is 31.4 Å². The van der Waals surface area contributed by atoms with E-state index in [1.165, 1.54) is 11.1 Å². The number of rotatable bonds is 10. The fourth-order valence-electron chi connectivity index (χ4n) is 2.26. The molecule has 0 bridgehead atoms. The summed E-state index contributed by atoms with van der Waals surface area (Å²) < 4.78 is 10.4. The van der Waals surface area contributed by atoms with E-state index in [1.54, 1.807) is 14.2 Å². The highest BCUT2D eigenvalue weighted by atomic mass is 127. The molecule has 0 saturated heterocycles. The summed E-state index contributed by atoms with van der Waals surface area (Å²) >= 11 is 0. The Morgan fingerprint density at radius 3 is 2.36 bits per heavy atom. The maximum absolute atomic E-state index is 5.45. The van der Waals surface area contributed by atoms with E-state index in [0.717, 1.165) is 32.1 Å². The number of hydrogen-bond donors (Lipinski definition) is 2. The summed E-state index contributed by atoms with van der Waals surface area (Å²) in [5, 5.41) is 6.73. The molecule has 0 aliphatic rings. The molecular formula is C19H34IN3O2. The molecule has 0 unspecified atom stereocenters. The monoisotopic (exact) mass is 463 g/mol. The van der Waals surface area contributed by atoms with Gasteiger partial charge in [-0.3, -0.25) is 4.99 Å². The zero-order valence-electron chi connectivity index (χ0n) is 16.2. The maximum atomic E-state index is 5.45. The molecule has 1 rings (SSSR count). The summed E-state index contributed by atoms with van der Waals surface area (Å²) in [6, 6.07) is 8.72. The third-order valence-electron chi connectivity index (χ3n) is 3.94. The molecule has 0 saturated carbocycles. The summed E-state index contributed by atoms with van der Waals surface area (Å²) in [7, 11) is 3.47. The van der Waals surface area contributed by atoms with Gasteiger partial charge in [0.2, 0.25) is 0 Å². The lowest BCUT2D eigenvalue weighted by Crippen LogP contribution is -2.43. The van der Waals surface area contributed by atoms with Gasteiger partial charge in [-0.2, -0.15) is 0 Å². The predicted molar refractivity (Wildman–Crippen MR) is 116 cm³/mol. The largest absolute Gasteiger partial charge is 0.382 e. The van der Waals surface area contributed by atoms with Crippen LogP contribution in [0, 0.1) is 6.92 Å². The van der Waals surface area contributed by atoms with Crippen LogP contribution in [-0.4, -0.2) is 53.0 Å². The number of ether oxygens (including phenoxy) is 2. The predicted octanol–water partition coefficient (Wildman–Crippen LogP) is 3.11. The zero-order chi connectivity index (χ0) is 17.8. The molecule has 0 spiro atoms. The molecule has 0 aliphatic heterocycles. The van der Waals surface area contributed by atoms with Crippen LogP contribution in [0.2, 0.25) is 0 Å². The van der Waals surface area contributed by atoms with Crippen molar-refractivity contribution in [3.8, 4) is 0 Å². The van der Waals surface area contributed by atoms with E-state index < -0.39 is 0 Å². The summed E-state index contributed by atoms with van der Waals surface area (Å²) in [6.07, 6.45) is 0.936. The van der Waals surface area contributed by atoms with Crippen LogP contribution in [0.15, 0.2) is 29.3 Å². The quantitative estimate of drug-likeness (QED) is 0.242. The second kappa shape index (κ2) is 13.4. The van der Waals surface area contributed by atoms with Gasteiger partial charge in [-0.15, -0.1) is 24.0 Å². The van der Waals surface area contributed by atoms with Gasteiger partial charge in [0.05, 0.1) is 13.2 Å². The first-order valence-electron chi connectivity index (χ1n) is 8.58. The molecule has 0 amide bonds. The van der Waals surface area contributed by atoms with Gasteiger partial charge in [-0.1, -0.05) is 43.7 Å². The summed E-state index contributed by atoms with van der Waals surface area (Å²) in [5.74, 6) is 0.826. The van der Waals surface area contributed by atoms with Crippen molar-refractivity contribution in [3.63, 3.8) is 0 Å². The van der Waals surface area contributed by atoms with E-state index in [-0.39, 0.29) is 29.4 Å². The molecule has 0 aromatic heterocycles. The van der Waals surface area contributed by atoms with Crippen LogP contribution in [0.3, 0.4) is 0 Å². The van der Waals surface area contributed by atoms with Gasteiger partial charge >= 0.3 is 0 Å². The Morgan fingerprint density at radius 2 is 1.76 bits per heavy atom. The van der Waals surface area contributed by atoms with Crippen LogP contribution in [0.25, 0.3) is 0 Å². The number of methoxy groups -OCH3 is 1. The number of aliphatic imine (C=N–C) groups is 1. The summed E-state index contributed by atoms with van der Waals surface area (Å²) in [6.45, 7) is 10.3. The van der Waals surface area contributed by atoms with Gasteiger partial charge in [-0.05, 0) is 18.9 Å². The fraction of sp³-hybridized carbons (Fsp3) is 0.632. The Morgan fingerprint density at radius 1 is 1.08 bits per heavy atom. The standard InChI is InChI=1S/C19H33N3O2.HI/c1-16-7-9-17(10-8-16)19(2,3)15-22-18(20-4)21-11-6-12-24-14-13-23-5;/h7-10H,6,11-15H2,1-5H3,(H2,20,21,22);1H. The highest BCUT2D eigenvalue weighted by Crippen LogP contribution is 2.22. The van der Waals surface area contributed by atoms with Gasteiger partial charge in [0, 0.05) is 39.3 Å². The van der Waals surface area contributed by atoms with Crippen molar-refractivity contribution < 1.29 is 9.47 Å². The minimum Gasteiger partial charge on any atom is -0.382 e.